The Hall–Kier alpha value is -1.16. The van der Waals surface area contributed by atoms with Crippen LogP contribution >= 0.6 is 0 Å². The van der Waals surface area contributed by atoms with Crippen molar-refractivity contribution < 1.29 is 0 Å². The van der Waals surface area contributed by atoms with Gasteiger partial charge in [0.15, 0.2) is 0 Å². The molecule has 0 aliphatic carbocycles. The van der Waals surface area contributed by atoms with Gasteiger partial charge >= 0.3 is 0 Å². The van der Waals surface area contributed by atoms with Gasteiger partial charge in [0.25, 0.3) is 0 Å². The van der Waals surface area contributed by atoms with Crippen molar-refractivity contribution >= 4 is 5.82 Å². The molecule has 3 N–H and O–H groups in total. The fourth-order valence-electron chi connectivity index (χ4n) is 0.957. The van der Waals surface area contributed by atoms with E-state index in [4.69, 9.17) is 5.73 Å². The predicted molar refractivity (Wildman–Crippen MR) is 53.4 cm³/mol. The summed E-state index contributed by atoms with van der Waals surface area (Å²) in [5.74, 6) is 0.775. The van der Waals surface area contributed by atoms with Crippen molar-refractivity contribution in [1.82, 2.24) is 9.97 Å². The van der Waals surface area contributed by atoms with E-state index in [1.807, 2.05) is 0 Å². The van der Waals surface area contributed by atoms with Crippen molar-refractivity contribution in [3.05, 3.63) is 18.6 Å². The summed E-state index contributed by atoms with van der Waals surface area (Å²) in [6, 6.07) is 0. The van der Waals surface area contributed by atoms with E-state index in [1.54, 1.807) is 18.6 Å². The molecule has 1 unspecified atom stereocenters. The van der Waals surface area contributed by atoms with Crippen LogP contribution in [0.4, 0.5) is 5.82 Å². The van der Waals surface area contributed by atoms with E-state index in [0.717, 1.165) is 12.2 Å². The molecule has 1 aromatic heterocycles. The Labute approximate surface area is 78.6 Å². The third kappa shape index (κ3) is 2.66. The second-order valence-corrected chi connectivity index (χ2v) is 3.33. The van der Waals surface area contributed by atoms with Crippen molar-refractivity contribution in [2.45, 2.75) is 25.8 Å². The minimum atomic E-state index is -0.0873. The minimum absolute atomic E-state index is 0.0873. The van der Waals surface area contributed by atoms with Crippen molar-refractivity contribution in [2.24, 2.45) is 5.73 Å². The first kappa shape index (κ1) is 9.92. The van der Waals surface area contributed by atoms with Gasteiger partial charge in [-0.1, -0.05) is 6.92 Å². The maximum atomic E-state index is 5.65. The molecule has 0 amide bonds. The molecule has 0 aliphatic rings. The van der Waals surface area contributed by atoms with Crippen LogP contribution in [0.25, 0.3) is 0 Å². The predicted octanol–water partition coefficient (Wildman–Crippen LogP) is 1.02. The second kappa shape index (κ2) is 4.18. The van der Waals surface area contributed by atoms with Crippen LogP contribution in [0, 0.1) is 0 Å². The first-order valence-electron chi connectivity index (χ1n) is 4.44. The Bertz CT molecular complexity index is 243. The van der Waals surface area contributed by atoms with Crippen LogP contribution < -0.4 is 11.1 Å². The third-order valence-corrected chi connectivity index (χ3v) is 2.22. The monoisotopic (exact) mass is 180 g/mol. The van der Waals surface area contributed by atoms with Crippen LogP contribution in [0.5, 0.6) is 0 Å². The summed E-state index contributed by atoms with van der Waals surface area (Å²) < 4.78 is 0. The lowest BCUT2D eigenvalue weighted by molar-refractivity contribution is 0.504. The molecule has 0 aromatic carbocycles. The van der Waals surface area contributed by atoms with Gasteiger partial charge in [-0.2, -0.15) is 0 Å². The number of rotatable bonds is 4. The first-order chi connectivity index (χ1) is 6.20. The smallest absolute Gasteiger partial charge is 0.144 e. The summed E-state index contributed by atoms with van der Waals surface area (Å²) in [6.45, 7) is 4.75. The van der Waals surface area contributed by atoms with E-state index in [9.17, 15) is 0 Å². The molecule has 1 rings (SSSR count). The van der Waals surface area contributed by atoms with Crippen LogP contribution in [-0.4, -0.2) is 22.1 Å². The lowest BCUT2D eigenvalue weighted by Crippen LogP contribution is -2.42. The maximum Gasteiger partial charge on any atom is 0.144 e. The van der Waals surface area contributed by atoms with E-state index in [1.165, 1.54) is 0 Å². The SMILES string of the molecule is CCC(C)(CN)Nc1cnccn1. The molecular formula is C9H16N4. The fraction of sp³-hybridized carbons (Fsp3) is 0.556. The number of anilines is 1. The molecule has 1 atom stereocenters. The van der Waals surface area contributed by atoms with Crippen molar-refractivity contribution in [1.29, 1.82) is 0 Å². The zero-order chi connectivity index (χ0) is 9.73. The van der Waals surface area contributed by atoms with Crippen LogP contribution in [0.1, 0.15) is 20.3 Å². The quantitative estimate of drug-likeness (QED) is 0.726. The number of aromatic nitrogens is 2. The first-order valence-corrected chi connectivity index (χ1v) is 4.44. The van der Waals surface area contributed by atoms with Crippen molar-refractivity contribution in [3.8, 4) is 0 Å². The van der Waals surface area contributed by atoms with Crippen LogP contribution in [-0.2, 0) is 0 Å². The Balaban J connectivity index is 2.68. The Morgan fingerprint density at radius 3 is 2.77 bits per heavy atom. The normalized spacial score (nSPS) is 15.0. The Morgan fingerprint density at radius 1 is 1.54 bits per heavy atom. The highest BCUT2D eigenvalue weighted by atomic mass is 15.1. The molecule has 0 saturated heterocycles. The third-order valence-electron chi connectivity index (χ3n) is 2.22. The molecule has 0 radical (unpaired) electrons. The molecule has 1 aromatic rings. The molecule has 72 valence electrons. The molecule has 0 spiro atoms. The molecule has 0 aliphatic heterocycles. The molecule has 4 nitrogen and oxygen atoms in total. The Morgan fingerprint density at radius 2 is 2.31 bits per heavy atom. The lowest BCUT2D eigenvalue weighted by atomic mass is 9.99. The number of hydrogen-bond donors (Lipinski definition) is 2. The van der Waals surface area contributed by atoms with Crippen molar-refractivity contribution in [3.63, 3.8) is 0 Å². The summed E-state index contributed by atoms with van der Waals surface area (Å²) in [5.41, 5.74) is 5.57. The summed E-state index contributed by atoms with van der Waals surface area (Å²) >= 11 is 0. The van der Waals surface area contributed by atoms with E-state index >= 15 is 0 Å². The highest BCUT2D eigenvalue weighted by molar-refractivity contribution is 5.34. The number of nitrogens with zero attached hydrogens (tertiary/aromatic N) is 2. The van der Waals surface area contributed by atoms with Gasteiger partial charge in [0.05, 0.1) is 6.20 Å². The van der Waals surface area contributed by atoms with Gasteiger partial charge in [-0.05, 0) is 13.3 Å². The average Bonchev–Trinajstić information content (AvgIpc) is 2.19. The van der Waals surface area contributed by atoms with Crippen LogP contribution in [0.3, 0.4) is 0 Å². The van der Waals surface area contributed by atoms with E-state index < -0.39 is 0 Å². The van der Waals surface area contributed by atoms with E-state index in [2.05, 4.69) is 29.1 Å². The number of hydrogen-bond acceptors (Lipinski definition) is 4. The summed E-state index contributed by atoms with van der Waals surface area (Å²) in [6.07, 6.45) is 5.97. The van der Waals surface area contributed by atoms with E-state index in [0.29, 0.717) is 6.54 Å². The zero-order valence-corrected chi connectivity index (χ0v) is 8.12. The number of nitrogens with one attached hydrogen (secondary N) is 1. The largest absolute Gasteiger partial charge is 0.362 e. The minimum Gasteiger partial charge on any atom is -0.362 e. The highest BCUT2D eigenvalue weighted by Gasteiger charge is 2.19. The number of nitrogens with two attached hydrogens (primary N) is 1. The topological polar surface area (TPSA) is 63.8 Å². The van der Waals surface area contributed by atoms with Gasteiger partial charge in [0, 0.05) is 24.5 Å². The summed E-state index contributed by atoms with van der Waals surface area (Å²) in [5, 5.41) is 3.26. The zero-order valence-electron chi connectivity index (χ0n) is 8.12. The van der Waals surface area contributed by atoms with Gasteiger partial charge < -0.3 is 11.1 Å². The van der Waals surface area contributed by atoms with Gasteiger partial charge in [0.2, 0.25) is 0 Å². The average molecular weight is 180 g/mol. The van der Waals surface area contributed by atoms with Gasteiger partial charge in [0.1, 0.15) is 5.82 Å². The van der Waals surface area contributed by atoms with Crippen LogP contribution in [0.15, 0.2) is 18.6 Å². The van der Waals surface area contributed by atoms with Crippen LogP contribution in [0.2, 0.25) is 0 Å². The fourth-order valence-corrected chi connectivity index (χ4v) is 0.957. The summed E-state index contributed by atoms with van der Waals surface area (Å²) in [7, 11) is 0. The van der Waals surface area contributed by atoms with E-state index in [-0.39, 0.29) is 5.54 Å². The van der Waals surface area contributed by atoms with Gasteiger partial charge in [-0.3, -0.25) is 4.98 Å². The molecule has 0 bridgehead atoms. The van der Waals surface area contributed by atoms with Gasteiger partial charge in [-0.15, -0.1) is 0 Å². The molecule has 0 saturated carbocycles. The maximum absolute atomic E-state index is 5.65. The Kier molecular flexibility index (Phi) is 3.19. The molecule has 0 fully saturated rings. The second-order valence-electron chi connectivity index (χ2n) is 3.33. The molecule has 4 heteroatoms. The van der Waals surface area contributed by atoms with Gasteiger partial charge in [-0.25, -0.2) is 4.98 Å². The lowest BCUT2D eigenvalue weighted by Gasteiger charge is -2.28. The molecule has 1 heterocycles. The highest BCUT2D eigenvalue weighted by Crippen LogP contribution is 2.13. The van der Waals surface area contributed by atoms with Crippen molar-refractivity contribution in [2.75, 3.05) is 11.9 Å². The summed E-state index contributed by atoms with van der Waals surface area (Å²) in [4.78, 5) is 8.10. The standard InChI is InChI=1S/C9H16N4/c1-3-9(2,7-10)13-8-6-11-4-5-12-8/h4-6H,3,7,10H2,1-2H3,(H,12,13). The molecular weight excluding hydrogens is 164 g/mol. The molecule has 13 heavy (non-hydrogen) atoms.